The highest BCUT2D eigenvalue weighted by atomic mass is 16.5. The highest BCUT2D eigenvalue weighted by molar-refractivity contribution is 5.81. The second-order valence-electron chi connectivity index (χ2n) is 6.77. The van der Waals surface area contributed by atoms with Crippen LogP contribution in [0.5, 0.6) is 5.75 Å². The van der Waals surface area contributed by atoms with Crippen LogP contribution in [0.2, 0.25) is 0 Å². The van der Waals surface area contributed by atoms with Gasteiger partial charge in [0.25, 0.3) is 0 Å². The predicted octanol–water partition coefficient (Wildman–Crippen LogP) is 1.88. The first kappa shape index (κ1) is 14.0. The summed E-state index contributed by atoms with van der Waals surface area (Å²) >= 11 is 0. The van der Waals surface area contributed by atoms with E-state index in [2.05, 4.69) is 9.88 Å². The molecule has 22 heavy (non-hydrogen) atoms. The molecule has 2 atom stereocenters. The number of hydrogen-bond donors (Lipinski definition) is 0. The van der Waals surface area contributed by atoms with E-state index in [-0.39, 0.29) is 17.4 Å². The molecule has 3 heterocycles. The highest BCUT2D eigenvalue weighted by Gasteiger charge is 2.50. The Kier molecular flexibility index (Phi) is 3.53. The first-order valence-corrected chi connectivity index (χ1v) is 8.20. The van der Waals surface area contributed by atoms with Crippen LogP contribution >= 0.6 is 0 Å². The molecule has 1 aliphatic carbocycles. The number of pyridine rings is 1. The standard InChI is InChI=1S/C17H22N2O3/c20-16(13-3-4-13)19-8-5-15-17(11-19,6-9-21-15)12-22-14-2-1-7-18-10-14/h1-2,7,10,13,15H,3-6,8-9,11-12H2/t15-,17+/m0/s1. The van der Waals surface area contributed by atoms with Crippen LogP contribution in [0.3, 0.4) is 0 Å². The van der Waals surface area contributed by atoms with Crippen molar-refractivity contribution in [2.24, 2.45) is 11.3 Å². The van der Waals surface area contributed by atoms with Gasteiger partial charge in [-0.15, -0.1) is 0 Å². The quantitative estimate of drug-likeness (QED) is 0.852. The number of amides is 1. The van der Waals surface area contributed by atoms with Crippen molar-refractivity contribution in [2.45, 2.75) is 31.8 Å². The van der Waals surface area contributed by atoms with Crippen LogP contribution in [0.25, 0.3) is 0 Å². The maximum Gasteiger partial charge on any atom is 0.225 e. The molecule has 3 fully saturated rings. The van der Waals surface area contributed by atoms with E-state index in [1.54, 1.807) is 12.4 Å². The van der Waals surface area contributed by atoms with Gasteiger partial charge in [0.1, 0.15) is 5.75 Å². The molecule has 4 rings (SSSR count). The minimum absolute atomic E-state index is 0.0569. The van der Waals surface area contributed by atoms with E-state index < -0.39 is 0 Å². The Labute approximate surface area is 130 Å². The van der Waals surface area contributed by atoms with Crippen molar-refractivity contribution >= 4 is 5.91 Å². The normalized spacial score (nSPS) is 30.9. The summed E-state index contributed by atoms with van der Waals surface area (Å²) < 4.78 is 11.9. The number of fused-ring (bicyclic) bond motifs is 1. The molecule has 0 aromatic carbocycles. The van der Waals surface area contributed by atoms with E-state index in [0.717, 1.165) is 51.1 Å². The van der Waals surface area contributed by atoms with Crippen molar-refractivity contribution in [3.63, 3.8) is 0 Å². The topological polar surface area (TPSA) is 51.7 Å². The third-order valence-electron chi connectivity index (χ3n) is 5.17. The molecule has 2 saturated heterocycles. The number of carbonyl (C=O) groups excluding carboxylic acids is 1. The Morgan fingerprint density at radius 1 is 1.45 bits per heavy atom. The number of nitrogens with zero attached hydrogens (tertiary/aromatic N) is 2. The van der Waals surface area contributed by atoms with E-state index in [4.69, 9.17) is 9.47 Å². The van der Waals surface area contributed by atoms with Gasteiger partial charge in [0.2, 0.25) is 5.91 Å². The Hall–Kier alpha value is -1.62. The lowest BCUT2D eigenvalue weighted by molar-refractivity contribution is -0.139. The fourth-order valence-corrected chi connectivity index (χ4v) is 3.69. The lowest BCUT2D eigenvalue weighted by Crippen LogP contribution is -2.54. The van der Waals surface area contributed by atoms with Crippen molar-refractivity contribution in [1.82, 2.24) is 9.88 Å². The lowest BCUT2D eigenvalue weighted by Gasteiger charge is -2.43. The number of likely N-dealkylation sites (tertiary alicyclic amines) is 1. The summed E-state index contributed by atoms with van der Waals surface area (Å²) in [5.41, 5.74) is -0.0569. The molecule has 5 heteroatoms. The highest BCUT2D eigenvalue weighted by Crippen LogP contribution is 2.43. The van der Waals surface area contributed by atoms with Gasteiger partial charge in [0, 0.05) is 31.8 Å². The summed E-state index contributed by atoms with van der Waals surface area (Å²) in [5, 5.41) is 0. The molecule has 1 aromatic heterocycles. The zero-order valence-corrected chi connectivity index (χ0v) is 12.7. The second-order valence-corrected chi connectivity index (χ2v) is 6.77. The predicted molar refractivity (Wildman–Crippen MR) is 80.4 cm³/mol. The summed E-state index contributed by atoms with van der Waals surface area (Å²) in [6.07, 6.45) is 7.71. The lowest BCUT2D eigenvalue weighted by atomic mass is 9.77. The van der Waals surface area contributed by atoms with E-state index >= 15 is 0 Å². The molecule has 0 N–H and O–H groups in total. The van der Waals surface area contributed by atoms with E-state index in [9.17, 15) is 4.79 Å². The zero-order valence-electron chi connectivity index (χ0n) is 12.7. The van der Waals surface area contributed by atoms with E-state index in [1.165, 1.54) is 0 Å². The van der Waals surface area contributed by atoms with Gasteiger partial charge >= 0.3 is 0 Å². The van der Waals surface area contributed by atoms with Crippen LogP contribution in [-0.2, 0) is 9.53 Å². The van der Waals surface area contributed by atoms with Gasteiger partial charge in [-0.2, -0.15) is 0 Å². The molecule has 5 nitrogen and oxygen atoms in total. The fourth-order valence-electron chi connectivity index (χ4n) is 3.69. The molecular weight excluding hydrogens is 280 g/mol. The summed E-state index contributed by atoms with van der Waals surface area (Å²) in [6, 6.07) is 3.80. The second kappa shape index (κ2) is 5.54. The van der Waals surface area contributed by atoms with Crippen molar-refractivity contribution in [1.29, 1.82) is 0 Å². The molecule has 1 aromatic rings. The molecule has 0 unspecified atom stereocenters. The SMILES string of the molecule is O=C(C1CC1)N1CC[C@@H]2OCC[C@]2(COc2cccnc2)C1. The first-order valence-electron chi connectivity index (χ1n) is 8.20. The van der Waals surface area contributed by atoms with Gasteiger partial charge in [-0.25, -0.2) is 0 Å². The van der Waals surface area contributed by atoms with Gasteiger partial charge < -0.3 is 14.4 Å². The van der Waals surface area contributed by atoms with Gasteiger partial charge in [-0.1, -0.05) is 0 Å². The monoisotopic (exact) mass is 302 g/mol. The Balaban J connectivity index is 1.47. The molecule has 2 aliphatic heterocycles. The Bertz CT molecular complexity index is 546. The maximum absolute atomic E-state index is 12.4. The molecule has 0 bridgehead atoms. The molecule has 118 valence electrons. The summed E-state index contributed by atoms with van der Waals surface area (Å²) in [7, 11) is 0. The third kappa shape index (κ3) is 2.58. The number of hydrogen-bond acceptors (Lipinski definition) is 4. The minimum Gasteiger partial charge on any atom is -0.491 e. The Morgan fingerprint density at radius 3 is 3.14 bits per heavy atom. The number of piperidine rings is 1. The molecule has 0 radical (unpaired) electrons. The average Bonchev–Trinajstić information content (AvgIpc) is 3.32. The molecule has 1 saturated carbocycles. The number of ether oxygens (including phenoxy) is 2. The average molecular weight is 302 g/mol. The van der Waals surface area contributed by atoms with Gasteiger partial charge in [-0.05, 0) is 37.8 Å². The van der Waals surface area contributed by atoms with Gasteiger partial charge in [0.05, 0.1) is 24.3 Å². The van der Waals surface area contributed by atoms with Crippen molar-refractivity contribution in [3.05, 3.63) is 24.5 Å². The van der Waals surface area contributed by atoms with Crippen LogP contribution in [0.15, 0.2) is 24.5 Å². The van der Waals surface area contributed by atoms with Crippen molar-refractivity contribution in [3.8, 4) is 5.75 Å². The van der Waals surface area contributed by atoms with Gasteiger partial charge in [0.15, 0.2) is 0 Å². The van der Waals surface area contributed by atoms with Crippen LogP contribution in [-0.4, -0.2) is 48.2 Å². The number of carbonyl (C=O) groups is 1. The van der Waals surface area contributed by atoms with E-state index in [0.29, 0.717) is 12.5 Å². The number of aromatic nitrogens is 1. The fraction of sp³-hybridized carbons (Fsp3) is 0.647. The maximum atomic E-state index is 12.4. The Morgan fingerprint density at radius 2 is 2.36 bits per heavy atom. The third-order valence-corrected chi connectivity index (χ3v) is 5.17. The van der Waals surface area contributed by atoms with Gasteiger partial charge in [-0.3, -0.25) is 9.78 Å². The van der Waals surface area contributed by atoms with Crippen LogP contribution in [0.1, 0.15) is 25.7 Å². The largest absolute Gasteiger partial charge is 0.491 e. The van der Waals surface area contributed by atoms with Crippen LogP contribution in [0, 0.1) is 11.3 Å². The molecule has 0 spiro atoms. The summed E-state index contributed by atoms with van der Waals surface area (Å²) in [6.45, 7) is 2.96. The molecule has 3 aliphatic rings. The number of rotatable bonds is 4. The minimum atomic E-state index is -0.0569. The smallest absolute Gasteiger partial charge is 0.225 e. The summed E-state index contributed by atoms with van der Waals surface area (Å²) in [4.78, 5) is 18.5. The van der Waals surface area contributed by atoms with Crippen molar-refractivity contribution in [2.75, 3.05) is 26.3 Å². The van der Waals surface area contributed by atoms with Crippen molar-refractivity contribution < 1.29 is 14.3 Å². The first-order chi connectivity index (χ1) is 10.8. The zero-order chi connectivity index (χ0) is 15.0. The molecule has 1 amide bonds. The van der Waals surface area contributed by atoms with Crippen LogP contribution in [0.4, 0.5) is 0 Å². The van der Waals surface area contributed by atoms with E-state index in [1.807, 2.05) is 12.1 Å². The molecular formula is C17H22N2O3. The van der Waals surface area contributed by atoms with Crippen LogP contribution < -0.4 is 4.74 Å². The summed E-state index contributed by atoms with van der Waals surface area (Å²) in [5.74, 6) is 1.41.